The number of H-pyrrole nitrogens is 1. The molecule has 0 spiro atoms. The van der Waals surface area contributed by atoms with Gasteiger partial charge in [0, 0.05) is 43.0 Å². The second-order valence-electron chi connectivity index (χ2n) is 11.5. The first-order valence-corrected chi connectivity index (χ1v) is 14.1. The van der Waals surface area contributed by atoms with Gasteiger partial charge >= 0.3 is 0 Å². The maximum absolute atomic E-state index is 15.4. The Morgan fingerprint density at radius 3 is 2.32 bits per heavy atom. The molecule has 206 valence electrons. The zero-order valence-corrected chi connectivity index (χ0v) is 23.3. The zero-order valence-electron chi connectivity index (χ0n) is 23.3. The van der Waals surface area contributed by atoms with Crippen molar-refractivity contribution in [2.24, 2.45) is 11.8 Å². The van der Waals surface area contributed by atoms with Crippen molar-refractivity contribution in [3.05, 3.63) is 52.4 Å². The van der Waals surface area contributed by atoms with Crippen molar-refractivity contribution in [3.8, 4) is 11.4 Å². The van der Waals surface area contributed by atoms with E-state index in [1.807, 2.05) is 27.7 Å². The molecular formula is C30H42FN5O2. The molecule has 1 fully saturated rings. The number of aromatic nitrogens is 3. The molecule has 7 nitrogen and oxygen atoms in total. The highest BCUT2D eigenvalue weighted by atomic mass is 19.1. The number of hydrogen-bond acceptors (Lipinski definition) is 4. The van der Waals surface area contributed by atoms with Crippen molar-refractivity contribution in [2.45, 2.75) is 66.1 Å². The number of nitrogens with one attached hydrogen (secondary N) is 1. The first kappa shape index (κ1) is 28.0. The van der Waals surface area contributed by atoms with Crippen LogP contribution in [-0.2, 0) is 6.54 Å². The number of carbonyl (C=O) groups excluding carboxylic acids is 1. The van der Waals surface area contributed by atoms with Gasteiger partial charge in [-0.15, -0.1) is 0 Å². The maximum atomic E-state index is 15.4. The summed E-state index contributed by atoms with van der Waals surface area (Å²) in [6.45, 7) is 12.5. The van der Waals surface area contributed by atoms with Gasteiger partial charge in [0.2, 0.25) is 5.56 Å². The summed E-state index contributed by atoms with van der Waals surface area (Å²) < 4.78 is 17.3. The van der Waals surface area contributed by atoms with Crippen LogP contribution in [0.4, 0.5) is 4.39 Å². The number of aromatic amines is 1. The van der Waals surface area contributed by atoms with Crippen LogP contribution in [0.1, 0.15) is 63.7 Å². The molecule has 1 aliphatic rings. The molecule has 4 rings (SSSR count). The van der Waals surface area contributed by atoms with Gasteiger partial charge in [-0.25, -0.2) is 9.37 Å². The van der Waals surface area contributed by atoms with Crippen LogP contribution in [0.15, 0.2) is 41.3 Å². The normalized spacial score (nSPS) is 15.1. The number of halogens is 1. The predicted molar refractivity (Wildman–Crippen MR) is 151 cm³/mol. The van der Waals surface area contributed by atoms with Crippen LogP contribution in [0.3, 0.4) is 0 Å². The predicted octanol–water partition coefficient (Wildman–Crippen LogP) is 5.36. The van der Waals surface area contributed by atoms with Crippen molar-refractivity contribution in [1.29, 1.82) is 0 Å². The van der Waals surface area contributed by atoms with E-state index in [-0.39, 0.29) is 18.0 Å². The smallest absolute Gasteiger partial charge is 0.253 e. The number of hydrogen-bond donors (Lipinski definition) is 1. The fraction of sp³-hybridized carbons (Fsp3) is 0.567. The highest BCUT2D eigenvalue weighted by molar-refractivity contribution is 5.98. The highest BCUT2D eigenvalue weighted by Crippen LogP contribution is 2.27. The highest BCUT2D eigenvalue weighted by Gasteiger charge is 2.23. The SMILES string of the molecule is CC(C)CCN(CCC(C)C)C(=O)c1ccc2nc(-c3ccc(=O)[nH]c3)n(CC(F)CN3CCCC3)c2c1. The third-order valence-electron chi connectivity index (χ3n) is 7.31. The average molecular weight is 524 g/mol. The molecule has 1 saturated heterocycles. The van der Waals surface area contributed by atoms with Gasteiger partial charge in [0.1, 0.15) is 12.0 Å². The molecule has 1 N–H and O–H groups in total. The van der Waals surface area contributed by atoms with Crippen LogP contribution in [0.5, 0.6) is 0 Å². The lowest BCUT2D eigenvalue weighted by molar-refractivity contribution is 0.0741. The summed E-state index contributed by atoms with van der Waals surface area (Å²) >= 11 is 0. The van der Waals surface area contributed by atoms with Crippen molar-refractivity contribution >= 4 is 16.9 Å². The number of alkyl halides is 1. The molecule has 1 unspecified atom stereocenters. The molecule has 3 aromatic rings. The van der Waals surface area contributed by atoms with E-state index in [0.717, 1.165) is 44.3 Å². The fourth-order valence-corrected chi connectivity index (χ4v) is 5.04. The number of pyridine rings is 1. The standard InChI is InChI=1S/C30H42FN5O2/c1-21(2)11-15-35(16-12-22(3)4)30(38)23-7-9-26-27(17-23)36(20-25(31)19-34-13-5-6-14-34)29(33-26)24-8-10-28(37)32-18-24/h7-10,17-18,21-22,25H,5-6,11-16,19-20H2,1-4H3,(H,32,37). The minimum atomic E-state index is -1.08. The Morgan fingerprint density at radius 2 is 1.71 bits per heavy atom. The molecule has 38 heavy (non-hydrogen) atoms. The molecular weight excluding hydrogens is 481 g/mol. The Bertz CT molecular complexity index is 1240. The molecule has 8 heteroatoms. The van der Waals surface area contributed by atoms with Crippen LogP contribution >= 0.6 is 0 Å². The quantitative estimate of drug-likeness (QED) is 0.347. The molecule has 3 heterocycles. The summed E-state index contributed by atoms with van der Waals surface area (Å²) in [7, 11) is 0. The largest absolute Gasteiger partial charge is 0.339 e. The molecule has 2 aromatic heterocycles. The fourth-order valence-electron chi connectivity index (χ4n) is 5.04. The number of likely N-dealkylation sites (tertiary alicyclic amines) is 1. The Balaban J connectivity index is 1.69. The van der Waals surface area contributed by atoms with E-state index in [4.69, 9.17) is 4.98 Å². The van der Waals surface area contributed by atoms with E-state index in [1.54, 1.807) is 12.3 Å². The number of fused-ring (bicyclic) bond motifs is 1. The number of amides is 1. The topological polar surface area (TPSA) is 74.2 Å². The lowest BCUT2D eigenvalue weighted by atomic mass is 10.1. The van der Waals surface area contributed by atoms with Gasteiger partial charge in [-0.3, -0.25) is 9.59 Å². The second kappa shape index (κ2) is 12.7. The van der Waals surface area contributed by atoms with Gasteiger partial charge in [0.05, 0.1) is 17.6 Å². The van der Waals surface area contributed by atoms with Crippen LogP contribution in [0.25, 0.3) is 22.4 Å². The van der Waals surface area contributed by atoms with Gasteiger partial charge in [-0.2, -0.15) is 0 Å². The average Bonchev–Trinajstić information content (AvgIpc) is 3.51. The summed E-state index contributed by atoms with van der Waals surface area (Å²) in [5.74, 6) is 1.59. The lowest BCUT2D eigenvalue weighted by Crippen LogP contribution is -2.34. The van der Waals surface area contributed by atoms with E-state index in [1.165, 1.54) is 6.07 Å². The van der Waals surface area contributed by atoms with Gasteiger partial charge < -0.3 is 19.4 Å². The van der Waals surface area contributed by atoms with Crippen molar-refractivity contribution in [1.82, 2.24) is 24.3 Å². The van der Waals surface area contributed by atoms with Crippen molar-refractivity contribution in [3.63, 3.8) is 0 Å². The first-order valence-electron chi connectivity index (χ1n) is 14.1. The monoisotopic (exact) mass is 523 g/mol. The Kier molecular flexibility index (Phi) is 9.36. The Labute approximate surface area is 225 Å². The second-order valence-corrected chi connectivity index (χ2v) is 11.5. The zero-order chi connectivity index (χ0) is 27.2. The van der Waals surface area contributed by atoms with Crippen molar-refractivity contribution < 1.29 is 9.18 Å². The summed E-state index contributed by atoms with van der Waals surface area (Å²) in [4.78, 5) is 37.0. The van der Waals surface area contributed by atoms with Crippen molar-refractivity contribution in [2.75, 3.05) is 32.7 Å². The summed E-state index contributed by atoms with van der Waals surface area (Å²) in [6, 6.07) is 8.70. The van der Waals surface area contributed by atoms with Crippen LogP contribution < -0.4 is 5.56 Å². The summed E-state index contributed by atoms with van der Waals surface area (Å²) in [6.07, 6.45) is 4.64. The van der Waals surface area contributed by atoms with Crippen LogP contribution in [0.2, 0.25) is 0 Å². The van der Waals surface area contributed by atoms with E-state index < -0.39 is 6.17 Å². The Morgan fingerprint density at radius 1 is 1.03 bits per heavy atom. The third-order valence-corrected chi connectivity index (χ3v) is 7.31. The van der Waals surface area contributed by atoms with E-state index in [0.29, 0.717) is 53.9 Å². The summed E-state index contributed by atoms with van der Waals surface area (Å²) in [5, 5.41) is 0. The molecule has 0 radical (unpaired) electrons. The molecule has 0 bridgehead atoms. The number of rotatable bonds is 12. The third kappa shape index (κ3) is 7.10. The molecule has 1 atom stereocenters. The minimum absolute atomic E-state index is 0.000376. The van der Waals surface area contributed by atoms with E-state index >= 15 is 4.39 Å². The molecule has 1 aromatic carbocycles. The Hall–Kier alpha value is -3.00. The molecule has 1 aliphatic heterocycles. The number of carbonyl (C=O) groups is 1. The number of benzene rings is 1. The van der Waals surface area contributed by atoms with Gasteiger partial charge in [0.15, 0.2) is 0 Å². The number of imidazole rings is 1. The minimum Gasteiger partial charge on any atom is -0.339 e. The van der Waals surface area contributed by atoms with Gasteiger partial charge in [-0.1, -0.05) is 27.7 Å². The molecule has 0 saturated carbocycles. The number of nitrogens with zero attached hydrogens (tertiary/aromatic N) is 4. The first-order chi connectivity index (χ1) is 18.2. The van der Waals surface area contributed by atoms with E-state index in [9.17, 15) is 9.59 Å². The van der Waals surface area contributed by atoms with Crippen LogP contribution in [-0.4, -0.2) is 69.1 Å². The van der Waals surface area contributed by atoms with Gasteiger partial charge in [-0.05, 0) is 74.9 Å². The van der Waals surface area contributed by atoms with Crippen LogP contribution in [0, 0.1) is 11.8 Å². The molecule has 1 amide bonds. The molecule has 0 aliphatic carbocycles. The van der Waals surface area contributed by atoms with E-state index in [2.05, 4.69) is 37.6 Å². The lowest BCUT2D eigenvalue weighted by Gasteiger charge is -2.25. The maximum Gasteiger partial charge on any atom is 0.253 e. The summed E-state index contributed by atoms with van der Waals surface area (Å²) in [5.41, 5.74) is 2.53. The van der Waals surface area contributed by atoms with Gasteiger partial charge in [0.25, 0.3) is 5.91 Å².